The van der Waals surface area contributed by atoms with Gasteiger partial charge in [0.1, 0.15) is 5.75 Å². The van der Waals surface area contributed by atoms with E-state index in [-0.39, 0.29) is 5.78 Å². The molecular weight excluding hydrogens is 370 g/mol. The second-order valence-electron chi connectivity index (χ2n) is 6.61. The van der Waals surface area contributed by atoms with Crippen LogP contribution in [0, 0.1) is 0 Å². The standard InChI is InChI=1S/C22H25N3O2S/c1-4-5-6-16-7-9-17(10-8-16)20(26)15-28-22-24-23-21(25(22)2)18-11-13-19(27-3)14-12-18/h7-14H,4-6,15H2,1-3H3. The maximum atomic E-state index is 12.5. The third-order valence-electron chi connectivity index (χ3n) is 4.61. The van der Waals surface area contributed by atoms with Gasteiger partial charge in [-0.15, -0.1) is 10.2 Å². The lowest BCUT2D eigenvalue weighted by Gasteiger charge is -2.05. The van der Waals surface area contributed by atoms with Crippen molar-refractivity contribution in [2.45, 2.75) is 31.3 Å². The summed E-state index contributed by atoms with van der Waals surface area (Å²) in [5.41, 5.74) is 2.98. The lowest BCUT2D eigenvalue weighted by molar-refractivity contribution is 0.102. The number of ether oxygens (including phenoxy) is 1. The first-order chi connectivity index (χ1) is 13.6. The van der Waals surface area contributed by atoms with Gasteiger partial charge < -0.3 is 9.30 Å². The van der Waals surface area contributed by atoms with Gasteiger partial charge in [-0.2, -0.15) is 0 Å². The number of aryl methyl sites for hydroxylation is 1. The number of aromatic nitrogens is 3. The second kappa shape index (κ2) is 9.55. The van der Waals surface area contributed by atoms with Crippen LogP contribution in [0.3, 0.4) is 0 Å². The Kier molecular flexibility index (Phi) is 6.87. The number of ketones is 1. The highest BCUT2D eigenvalue weighted by Crippen LogP contribution is 2.25. The third-order valence-corrected chi connectivity index (χ3v) is 5.63. The molecule has 3 rings (SSSR count). The van der Waals surface area contributed by atoms with Crippen LogP contribution in [0.2, 0.25) is 0 Å². The Labute approximate surface area is 170 Å². The van der Waals surface area contributed by atoms with Gasteiger partial charge in [0.05, 0.1) is 12.9 Å². The Morgan fingerprint density at radius 2 is 1.79 bits per heavy atom. The molecule has 0 aliphatic carbocycles. The first-order valence-electron chi connectivity index (χ1n) is 9.41. The van der Waals surface area contributed by atoms with Crippen molar-refractivity contribution in [2.24, 2.45) is 7.05 Å². The lowest BCUT2D eigenvalue weighted by atomic mass is 10.1. The fourth-order valence-corrected chi connectivity index (χ4v) is 3.69. The van der Waals surface area contributed by atoms with E-state index in [1.165, 1.54) is 30.2 Å². The number of methoxy groups -OCH3 is 1. The average Bonchev–Trinajstić information content (AvgIpc) is 3.11. The molecule has 0 aliphatic heterocycles. The predicted octanol–water partition coefficient (Wildman–Crippen LogP) is 4.81. The van der Waals surface area contributed by atoms with Crippen LogP contribution in [0.25, 0.3) is 11.4 Å². The first kappa shape index (κ1) is 20.1. The third kappa shape index (κ3) is 4.81. The molecule has 0 unspecified atom stereocenters. The highest BCUT2D eigenvalue weighted by atomic mass is 32.2. The number of benzene rings is 2. The fraction of sp³-hybridized carbons (Fsp3) is 0.318. The molecule has 0 radical (unpaired) electrons. The lowest BCUT2D eigenvalue weighted by Crippen LogP contribution is -2.04. The summed E-state index contributed by atoms with van der Waals surface area (Å²) in [6.07, 6.45) is 3.41. The van der Waals surface area contributed by atoms with Gasteiger partial charge in [0.25, 0.3) is 0 Å². The van der Waals surface area contributed by atoms with E-state index in [0.29, 0.717) is 5.75 Å². The van der Waals surface area contributed by atoms with Crippen molar-refractivity contribution in [3.8, 4) is 17.1 Å². The second-order valence-corrected chi connectivity index (χ2v) is 7.55. The van der Waals surface area contributed by atoms with Crippen molar-refractivity contribution in [3.63, 3.8) is 0 Å². The van der Waals surface area contributed by atoms with Gasteiger partial charge in [-0.25, -0.2) is 0 Å². The van der Waals surface area contributed by atoms with Crippen LogP contribution in [-0.4, -0.2) is 33.4 Å². The SMILES string of the molecule is CCCCc1ccc(C(=O)CSc2nnc(-c3ccc(OC)cc3)n2C)cc1. The summed E-state index contributed by atoms with van der Waals surface area (Å²) < 4.78 is 7.10. The van der Waals surface area contributed by atoms with E-state index in [2.05, 4.69) is 29.3 Å². The summed E-state index contributed by atoms with van der Waals surface area (Å²) in [5, 5.41) is 9.23. The molecule has 1 heterocycles. The molecule has 3 aromatic rings. The van der Waals surface area contributed by atoms with Crippen molar-refractivity contribution in [1.29, 1.82) is 0 Å². The van der Waals surface area contributed by atoms with E-state index in [9.17, 15) is 4.79 Å². The number of carbonyl (C=O) groups excluding carboxylic acids is 1. The van der Waals surface area contributed by atoms with E-state index in [0.717, 1.165) is 34.3 Å². The van der Waals surface area contributed by atoms with Crippen LogP contribution in [0.15, 0.2) is 53.7 Å². The molecule has 28 heavy (non-hydrogen) atoms. The number of carbonyl (C=O) groups is 1. The van der Waals surface area contributed by atoms with Crippen LogP contribution in [-0.2, 0) is 13.5 Å². The van der Waals surface area contributed by atoms with Crippen LogP contribution in [0.1, 0.15) is 35.7 Å². The van der Waals surface area contributed by atoms with Gasteiger partial charge in [0, 0.05) is 18.2 Å². The zero-order chi connectivity index (χ0) is 19.9. The zero-order valence-electron chi connectivity index (χ0n) is 16.5. The number of Topliss-reactive ketones (excluding diaryl/α,β-unsaturated/α-hetero) is 1. The van der Waals surface area contributed by atoms with Gasteiger partial charge >= 0.3 is 0 Å². The number of nitrogens with zero attached hydrogens (tertiary/aromatic N) is 3. The quantitative estimate of drug-likeness (QED) is 0.384. The largest absolute Gasteiger partial charge is 0.497 e. The highest BCUT2D eigenvalue weighted by molar-refractivity contribution is 7.99. The minimum Gasteiger partial charge on any atom is -0.497 e. The van der Waals surface area contributed by atoms with Gasteiger partial charge in [-0.1, -0.05) is 49.4 Å². The summed E-state index contributed by atoms with van der Waals surface area (Å²) in [7, 11) is 3.55. The van der Waals surface area contributed by atoms with Crippen LogP contribution < -0.4 is 4.74 Å². The molecule has 5 nitrogen and oxygen atoms in total. The molecular formula is C22H25N3O2S. The van der Waals surface area contributed by atoms with E-state index in [4.69, 9.17) is 4.74 Å². The summed E-state index contributed by atoms with van der Waals surface area (Å²) in [5.74, 6) is 1.99. The zero-order valence-corrected chi connectivity index (χ0v) is 17.3. The predicted molar refractivity (Wildman–Crippen MR) is 113 cm³/mol. The molecule has 2 aromatic carbocycles. The summed E-state index contributed by atoms with van der Waals surface area (Å²) in [4.78, 5) is 12.5. The van der Waals surface area contributed by atoms with Crippen molar-refractivity contribution in [1.82, 2.24) is 14.8 Å². The smallest absolute Gasteiger partial charge is 0.191 e. The number of thioether (sulfide) groups is 1. The van der Waals surface area contributed by atoms with Crippen LogP contribution in [0.5, 0.6) is 5.75 Å². The number of unbranched alkanes of at least 4 members (excludes halogenated alkanes) is 1. The fourth-order valence-electron chi connectivity index (χ4n) is 2.88. The Bertz CT molecular complexity index is 918. The molecule has 0 fully saturated rings. The van der Waals surface area contributed by atoms with Crippen molar-refractivity contribution >= 4 is 17.5 Å². The molecule has 0 saturated carbocycles. The van der Waals surface area contributed by atoms with Crippen LogP contribution >= 0.6 is 11.8 Å². The Morgan fingerprint density at radius 1 is 1.07 bits per heavy atom. The van der Waals surface area contributed by atoms with Crippen LogP contribution in [0.4, 0.5) is 0 Å². The van der Waals surface area contributed by atoms with E-state index in [1.807, 2.05) is 48.0 Å². The summed E-state index contributed by atoms with van der Waals surface area (Å²) in [6.45, 7) is 2.18. The molecule has 6 heteroatoms. The Morgan fingerprint density at radius 3 is 2.43 bits per heavy atom. The maximum Gasteiger partial charge on any atom is 0.191 e. The Balaban J connectivity index is 1.62. The van der Waals surface area contributed by atoms with E-state index >= 15 is 0 Å². The molecule has 146 valence electrons. The molecule has 0 spiro atoms. The number of hydrogen-bond donors (Lipinski definition) is 0. The maximum absolute atomic E-state index is 12.5. The van der Waals surface area contributed by atoms with Crippen molar-refractivity contribution in [2.75, 3.05) is 12.9 Å². The van der Waals surface area contributed by atoms with Gasteiger partial charge in [0.15, 0.2) is 16.8 Å². The first-order valence-corrected chi connectivity index (χ1v) is 10.4. The normalized spacial score (nSPS) is 10.8. The monoisotopic (exact) mass is 395 g/mol. The average molecular weight is 396 g/mol. The molecule has 0 N–H and O–H groups in total. The van der Waals surface area contributed by atoms with E-state index in [1.54, 1.807) is 7.11 Å². The van der Waals surface area contributed by atoms with Crippen molar-refractivity contribution in [3.05, 3.63) is 59.7 Å². The minimum absolute atomic E-state index is 0.0982. The minimum atomic E-state index is 0.0982. The summed E-state index contributed by atoms with van der Waals surface area (Å²) in [6, 6.07) is 15.6. The topological polar surface area (TPSA) is 57.0 Å². The molecule has 0 amide bonds. The molecule has 0 saturated heterocycles. The molecule has 0 aliphatic rings. The van der Waals surface area contributed by atoms with Gasteiger partial charge in [-0.3, -0.25) is 4.79 Å². The van der Waals surface area contributed by atoms with Crippen molar-refractivity contribution < 1.29 is 9.53 Å². The molecule has 0 bridgehead atoms. The van der Waals surface area contributed by atoms with Gasteiger partial charge in [-0.05, 0) is 42.7 Å². The highest BCUT2D eigenvalue weighted by Gasteiger charge is 2.14. The number of rotatable bonds is 9. The Hall–Kier alpha value is -2.60. The molecule has 0 atom stereocenters. The van der Waals surface area contributed by atoms with Gasteiger partial charge in [0.2, 0.25) is 0 Å². The molecule has 1 aromatic heterocycles. The van der Waals surface area contributed by atoms with E-state index < -0.39 is 0 Å². The number of hydrogen-bond acceptors (Lipinski definition) is 5. The summed E-state index contributed by atoms with van der Waals surface area (Å²) >= 11 is 1.41.